The maximum atomic E-state index is 12.4. The van der Waals surface area contributed by atoms with Crippen molar-refractivity contribution in [2.24, 2.45) is 0 Å². The highest BCUT2D eigenvalue weighted by atomic mass is 16.4. The topological polar surface area (TPSA) is 111 Å². The van der Waals surface area contributed by atoms with Crippen molar-refractivity contribution in [2.75, 3.05) is 0 Å². The zero-order chi connectivity index (χ0) is 18.1. The monoisotopic (exact) mass is 342 g/mol. The third-order valence-corrected chi connectivity index (χ3v) is 4.08. The van der Waals surface area contributed by atoms with Gasteiger partial charge in [0.1, 0.15) is 5.58 Å². The van der Waals surface area contributed by atoms with Crippen LogP contribution in [0.2, 0.25) is 0 Å². The molecule has 0 aliphatic rings. The van der Waals surface area contributed by atoms with Gasteiger partial charge in [-0.25, -0.2) is 0 Å². The SMILES string of the molecule is CCCCc1ccc2c(=O)c(O)c(-c3cc(O)c(O)c(O)c3)oc2c1. The highest BCUT2D eigenvalue weighted by Crippen LogP contribution is 2.41. The van der Waals surface area contributed by atoms with Crippen molar-refractivity contribution in [3.8, 4) is 34.3 Å². The molecule has 0 radical (unpaired) electrons. The molecule has 130 valence electrons. The molecule has 3 aromatic rings. The Bertz CT molecular complexity index is 980. The predicted octanol–water partition coefficient (Wildman–Crippen LogP) is 3.63. The lowest BCUT2D eigenvalue weighted by Gasteiger charge is -2.09. The molecule has 4 N–H and O–H groups in total. The summed E-state index contributed by atoms with van der Waals surface area (Å²) in [6.07, 6.45) is 2.88. The van der Waals surface area contributed by atoms with Gasteiger partial charge in [-0.3, -0.25) is 4.79 Å². The Balaban J connectivity index is 2.21. The van der Waals surface area contributed by atoms with Gasteiger partial charge in [-0.1, -0.05) is 19.4 Å². The summed E-state index contributed by atoms with van der Waals surface area (Å²) in [6, 6.07) is 7.38. The van der Waals surface area contributed by atoms with Crippen LogP contribution in [0, 0.1) is 0 Å². The first kappa shape index (κ1) is 16.7. The molecule has 0 aliphatic carbocycles. The zero-order valence-corrected chi connectivity index (χ0v) is 13.6. The van der Waals surface area contributed by atoms with Gasteiger partial charge in [0.25, 0.3) is 0 Å². The van der Waals surface area contributed by atoms with Crippen molar-refractivity contribution in [1.29, 1.82) is 0 Å². The second-order valence-electron chi connectivity index (χ2n) is 5.91. The van der Waals surface area contributed by atoms with Crippen LogP contribution in [0.5, 0.6) is 23.0 Å². The molecule has 2 aromatic carbocycles. The van der Waals surface area contributed by atoms with Gasteiger partial charge in [0.2, 0.25) is 11.2 Å². The predicted molar refractivity (Wildman–Crippen MR) is 93.2 cm³/mol. The van der Waals surface area contributed by atoms with Crippen LogP contribution >= 0.6 is 0 Å². The summed E-state index contributed by atoms with van der Waals surface area (Å²) >= 11 is 0. The van der Waals surface area contributed by atoms with E-state index in [1.165, 1.54) is 0 Å². The normalized spacial score (nSPS) is 11.1. The minimum absolute atomic E-state index is 0.0725. The second kappa shape index (κ2) is 6.39. The number of benzene rings is 2. The molecule has 1 aromatic heterocycles. The molecule has 0 saturated heterocycles. The van der Waals surface area contributed by atoms with Crippen LogP contribution in [0.1, 0.15) is 25.3 Å². The van der Waals surface area contributed by atoms with E-state index in [4.69, 9.17) is 4.42 Å². The first-order valence-electron chi connectivity index (χ1n) is 7.96. The highest BCUT2D eigenvalue weighted by molar-refractivity contribution is 5.83. The van der Waals surface area contributed by atoms with Crippen LogP contribution in [0.15, 0.2) is 39.5 Å². The Morgan fingerprint density at radius 1 is 0.960 bits per heavy atom. The number of hydrogen-bond donors (Lipinski definition) is 4. The van der Waals surface area contributed by atoms with Gasteiger partial charge in [-0.15, -0.1) is 0 Å². The van der Waals surface area contributed by atoms with Crippen molar-refractivity contribution in [1.82, 2.24) is 0 Å². The standard InChI is InChI=1S/C19H18O6/c1-2-3-4-10-5-6-12-15(7-10)25-19(18(24)16(12)22)11-8-13(20)17(23)14(21)9-11/h5-9,20-21,23-24H,2-4H2,1H3. The minimum atomic E-state index is -0.687. The van der Waals surface area contributed by atoms with Crippen LogP contribution < -0.4 is 5.43 Å². The molecule has 0 fully saturated rings. The van der Waals surface area contributed by atoms with Crippen molar-refractivity contribution in [3.63, 3.8) is 0 Å². The van der Waals surface area contributed by atoms with E-state index in [1.54, 1.807) is 12.1 Å². The summed E-state index contributed by atoms with van der Waals surface area (Å²) in [5.41, 5.74) is 0.776. The third kappa shape index (κ3) is 2.98. The molecular formula is C19H18O6. The van der Waals surface area contributed by atoms with E-state index in [0.29, 0.717) is 5.58 Å². The molecule has 0 atom stereocenters. The lowest BCUT2D eigenvalue weighted by atomic mass is 10.0. The van der Waals surface area contributed by atoms with E-state index in [1.807, 2.05) is 6.07 Å². The number of unbranched alkanes of at least 4 members (excludes halogenated alkanes) is 1. The number of aromatic hydroxyl groups is 4. The average molecular weight is 342 g/mol. The van der Waals surface area contributed by atoms with E-state index in [9.17, 15) is 25.2 Å². The van der Waals surface area contributed by atoms with E-state index >= 15 is 0 Å². The zero-order valence-electron chi connectivity index (χ0n) is 13.6. The van der Waals surface area contributed by atoms with Gasteiger partial charge >= 0.3 is 0 Å². The Labute approximate surface area is 143 Å². The van der Waals surface area contributed by atoms with Crippen LogP contribution in [0.25, 0.3) is 22.3 Å². The van der Waals surface area contributed by atoms with Crippen molar-refractivity contribution >= 4 is 11.0 Å². The second-order valence-corrected chi connectivity index (χ2v) is 5.91. The van der Waals surface area contributed by atoms with Crippen LogP contribution in [-0.4, -0.2) is 20.4 Å². The fourth-order valence-electron chi connectivity index (χ4n) is 2.70. The maximum absolute atomic E-state index is 12.4. The van der Waals surface area contributed by atoms with Crippen LogP contribution in [0.4, 0.5) is 0 Å². The average Bonchev–Trinajstić information content (AvgIpc) is 2.60. The Morgan fingerprint density at radius 2 is 1.64 bits per heavy atom. The van der Waals surface area contributed by atoms with E-state index in [2.05, 4.69) is 6.92 Å². The van der Waals surface area contributed by atoms with Gasteiger partial charge < -0.3 is 24.8 Å². The largest absolute Gasteiger partial charge is 0.504 e. The molecule has 0 amide bonds. The van der Waals surface area contributed by atoms with Gasteiger partial charge in [-0.05, 0) is 42.7 Å². The Hall–Kier alpha value is -3.15. The fourth-order valence-corrected chi connectivity index (χ4v) is 2.70. The lowest BCUT2D eigenvalue weighted by molar-refractivity contribution is 0.368. The van der Waals surface area contributed by atoms with Gasteiger partial charge in [0.05, 0.1) is 5.39 Å². The molecule has 1 heterocycles. The molecule has 6 nitrogen and oxygen atoms in total. The highest BCUT2D eigenvalue weighted by Gasteiger charge is 2.18. The van der Waals surface area contributed by atoms with Crippen LogP contribution in [-0.2, 0) is 6.42 Å². The first-order chi connectivity index (χ1) is 11.9. The third-order valence-electron chi connectivity index (χ3n) is 4.08. The number of rotatable bonds is 4. The Kier molecular flexibility index (Phi) is 4.27. The number of hydrogen-bond acceptors (Lipinski definition) is 6. The van der Waals surface area contributed by atoms with Gasteiger partial charge in [0, 0.05) is 5.56 Å². The molecule has 0 aliphatic heterocycles. The van der Waals surface area contributed by atoms with Crippen molar-refractivity contribution < 1.29 is 24.8 Å². The Morgan fingerprint density at radius 3 is 2.28 bits per heavy atom. The first-order valence-corrected chi connectivity index (χ1v) is 7.96. The summed E-state index contributed by atoms with van der Waals surface area (Å²) < 4.78 is 5.68. The summed E-state index contributed by atoms with van der Waals surface area (Å²) in [7, 11) is 0. The lowest BCUT2D eigenvalue weighted by Crippen LogP contribution is -2.03. The van der Waals surface area contributed by atoms with E-state index < -0.39 is 28.4 Å². The molecule has 0 bridgehead atoms. The van der Waals surface area contributed by atoms with E-state index in [0.717, 1.165) is 37.0 Å². The van der Waals surface area contributed by atoms with Crippen molar-refractivity contribution in [3.05, 3.63) is 46.1 Å². The molecule has 0 spiro atoms. The summed E-state index contributed by atoms with van der Waals surface area (Å²) in [4.78, 5) is 12.4. The minimum Gasteiger partial charge on any atom is -0.504 e. The number of phenolic OH excluding ortho intramolecular Hbond substituents is 3. The van der Waals surface area contributed by atoms with Gasteiger partial charge in [-0.2, -0.15) is 0 Å². The van der Waals surface area contributed by atoms with Crippen LogP contribution in [0.3, 0.4) is 0 Å². The number of phenols is 3. The quantitative estimate of drug-likeness (QED) is 0.539. The smallest absolute Gasteiger partial charge is 0.235 e. The van der Waals surface area contributed by atoms with Gasteiger partial charge in [0.15, 0.2) is 23.0 Å². The molecule has 0 saturated carbocycles. The molecule has 3 rings (SSSR count). The van der Waals surface area contributed by atoms with Crippen molar-refractivity contribution in [2.45, 2.75) is 26.2 Å². The molecule has 25 heavy (non-hydrogen) atoms. The number of fused-ring (bicyclic) bond motifs is 1. The summed E-state index contributed by atoms with van der Waals surface area (Å²) in [5.74, 6) is -2.68. The number of aryl methyl sites for hydroxylation is 1. The molecule has 6 heteroatoms. The fraction of sp³-hybridized carbons (Fsp3) is 0.211. The molecular weight excluding hydrogens is 324 g/mol. The van der Waals surface area contributed by atoms with E-state index in [-0.39, 0.29) is 16.7 Å². The summed E-state index contributed by atoms with van der Waals surface area (Å²) in [6.45, 7) is 2.08. The maximum Gasteiger partial charge on any atom is 0.235 e. The molecule has 0 unspecified atom stereocenters. The summed E-state index contributed by atoms with van der Waals surface area (Å²) in [5, 5.41) is 39.2.